The van der Waals surface area contributed by atoms with Gasteiger partial charge in [-0.05, 0) is 29.9 Å². The van der Waals surface area contributed by atoms with Gasteiger partial charge >= 0.3 is 0 Å². The van der Waals surface area contributed by atoms with Gasteiger partial charge in [-0.1, -0.05) is 68.1 Å². The second-order valence-corrected chi connectivity index (χ2v) is 5.33. The molecule has 0 saturated carbocycles. The van der Waals surface area contributed by atoms with Gasteiger partial charge in [0.05, 0.1) is 5.69 Å². The molecule has 21 heavy (non-hydrogen) atoms. The van der Waals surface area contributed by atoms with E-state index in [0.717, 1.165) is 23.4 Å². The third-order valence-electron chi connectivity index (χ3n) is 3.79. The molecule has 1 heteroatoms. The molecule has 0 bridgehead atoms. The predicted molar refractivity (Wildman–Crippen MR) is 91.3 cm³/mol. The van der Waals surface area contributed by atoms with Crippen molar-refractivity contribution >= 4 is 16.3 Å². The molecule has 0 saturated heterocycles. The number of hydrogen-bond acceptors (Lipinski definition) is 1. The van der Waals surface area contributed by atoms with E-state index in [4.69, 9.17) is 4.98 Å². The zero-order valence-corrected chi connectivity index (χ0v) is 12.6. The van der Waals surface area contributed by atoms with E-state index in [1.807, 2.05) is 13.0 Å². The van der Waals surface area contributed by atoms with Crippen LogP contribution in [0.3, 0.4) is 0 Å². The van der Waals surface area contributed by atoms with Crippen molar-refractivity contribution in [3.63, 3.8) is 0 Å². The number of allylic oxidation sites excluding steroid dienone is 1. The number of aryl methyl sites for hydroxylation is 1. The second kappa shape index (κ2) is 5.53. The molecule has 1 nitrogen and oxygen atoms in total. The van der Waals surface area contributed by atoms with Crippen molar-refractivity contribution in [1.82, 2.24) is 4.98 Å². The molecular weight excluding hydrogens is 254 g/mol. The molecular formula is C20H19N. The van der Waals surface area contributed by atoms with Crippen LogP contribution in [0.5, 0.6) is 0 Å². The fraction of sp³-hybridized carbons (Fsp3) is 0.150. The Hall–Kier alpha value is -2.41. The second-order valence-electron chi connectivity index (χ2n) is 5.33. The van der Waals surface area contributed by atoms with Crippen LogP contribution in [0, 0.1) is 0 Å². The Bertz CT molecular complexity index is 801. The quantitative estimate of drug-likeness (QED) is 0.614. The van der Waals surface area contributed by atoms with Crippen LogP contribution in [-0.2, 0) is 6.42 Å². The van der Waals surface area contributed by atoms with Crippen LogP contribution in [-0.4, -0.2) is 4.98 Å². The normalized spacial score (nSPS) is 10.8. The minimum atomic E-state index is 0.926. The lowest BCUT2D eigenvalue weighted by atomic mass is 9.93. The van der Waals surface area contributed by atoms with Crippen molar-refractivity contribution < 1.29 is 0 Å². The molecule has 0 radical (unpaired) electrons. The van der Waals surface area contributed by atoms with Gasteiger partial charge < -0.3 is 0 Å². The van der Waals surface area contributed by atoms with Crippen LogP contribution in [0.4, 0.5) is 0 Å². The van der Waals surface area contributed by atoms with Crippen LogP contribution in [0.2, 0.25) is 0 Å². The monoisotopic (exact) mass is 273 g/mol. The van der Waals surface area contributed by atoms with Gasteiger partial charge in [0.15, 0.2) is 0 Å². The maximum atomic E-state index is 4.90. The fourth-order valence-corrected chi connectivity index (χ4v) is 2.81. The average molecular weight is 273 g/mol. The molecule has 3 aromatic rings. The minimum Gasteiger partial charge on any atom is -0.252 e. The molecule has 2 aromatic carbocycles. The van der Waals surface area contributed by atoms with Gasteiger partial charge in [0.2, 0.25) is 0 Å². The van der Waals surface area contributed by atoms with Crippen LogP contribution in [0.1, 0.15) is 25.2 Å². The predicted octanol–water partition coefficient (Wildman–Crippen LogP) is 5.50. The highest BCUT2D eigenvalue weighted by Gasteiger charge is 2.14. The molecule has 0 fully saturated rings. The molecule has 0 unspecified atom stereocenters. The summed E-state index contributed by atoms with van der Waals surface area (Å²) in [7, 11) is 0. The fourth-order valence-electron chi connectivity index (χ4n) is 2.81. The summed E-state index contributed by atoms with van der Waals surface area (Å²) >= 11 is 0. The van der Waals surface area contributed by atoms with E-state index in [0.29, 0.717) is 0 Å². The summed E-state index contributed by atoms with van der Waals surface area (Å²) < 4.78 is 0. The summed E-state index contributed by atoms with van der Waals surface area (Å²) in [5, 5.41) is 2.50. The molecule has 0 aliphatic heterocycles. The van der Waals surface area contributed by atoms with Crippen molar-refractivity contribution in [2.24, 2.45) is 0 Å². The van der Waals surface area contributed by atoms with E-state index in [2.05, 4.69) is 62.0 Å². The van der Waals surface area contributed by atoms with Crippen molar-refractivity contribution in [3.05, 3.63) is 72.6 Å². The Morgan fingerprint density at radius 2 is 1.57 bits per heavy atom. The summed E-state index contributed by atoms with van der Waals surface area (Å²) in [4.78, 5) is 4.90. The van der Waals surface area contributed by atoms with Gasteiger partial charge in [-0.2, -0.15) is 0 Å². The van der Waals surface area contributed by atoms with Crippen molar-refractivity contribution in [3.8, 4) is 11.1 Å². The number of rotatable bonds is 3. The number of hydrogen-bond donors (Lipinski definition) is 0. The lowest BCUT2D eigenvalue weighted by Crippen LogP contribution is -1.99. The molecule has 0 amide bonds. The molecule has 0 N–H and O–H groups in total. The average Bonchev–Trinajstić information content (AvgIpc) is 2.54. The lowest BCUT2D eigenvalue weighted by Gasteiger charge is -2.15. The van der Waals surface area contributed by atoms with Gasteiger partial charge in [-0.25, -0.2) is 0 Å². The number of aromatic nitrogens is 1. The van der Waals surface area contributed by atoms with Gasteiger partial charge in [0.25, 0.3) is 0 Å². The van der Waals surface area contributed by atoms with Crippen molar-refractivity contribution in [1.29, 1.82) is 0 Å². The van der Waals surface area contributed by atoms with E-state index in [1.165, 1.54) is 21.9 Å². The van der Waals surface area contributed by atoms with Gasteiger partial charge in [-0.3, -0.25) is 4.98 Å². The Balaban J connectivity index is 2.46. The Labute approximate surface area is 126 Å². The first-order chi connectivity index (χ1) is 10.2. The van der Waals surface area contributed by atoms with Crippen LogP contribution in [0.15, 0.2) is 61.2 Å². The molecule has 0 spiro atoms. The molecule has 0 atom stereocenters. The summed E-state index contributed by atoms with van der Waals surface area (Å²) in [5.41, 5.74) is 5.55. The van der Waals surface area contributed by atoms with Crippen LogP contribution >= 0.6 is 0 Å². The SMILES string of the molecule is C=C(C)c1nc(CC)c2ccccc2c1-c1ccccc1. The Morgan fingerprint density at radius 1 is 0.952 bits per heavy atom. The largest absolute Gasteiger partial charge is 0.252 e. The van der Waals surface area contributed by atoms with E-state index in [-0.39, 0.29) is 0 Å². The molecule has 0 aliphatic rings. The molecule has 1 aromatic heterocycles. The Morgan fingerprint density at radius 3 is 2.19 bits per heavy atom. The summed E-state index contributed by atoms with van der Waals surface area (Å²) in [5.74, 6) is 0. The molecule has 1 heterocycles. The van der Waals surface area contributed by atoms with Crippen molar-refractivity contribution in [2.75, 3.05) is 0 Å². The maximum Gasteiger partial charge on any atom is 0.0741 e. The standard InChI is InChI=1S/C20H19N/c1-4-18-16-12-8-9-13-17(16)19(20(21-18)14(2)3)15-10-6-5-7-11-15/h5-13H,2,4H2,1,3H3. The molecule has 104 valence electrons. The summed E-state index contributed by atoms with van der Waals surface area (Å²) in [6, 6.07) is 19.0. The van der Waals surface area contributed by atoms with E-state index >= 15 is 0 Å². The highest BCUT2D eigenvalue weighted by molar-refractivity contribution is 6.01. The van der Waals surface area contributed by atoms with Gasteiger partial charge in [-0.15, -0.1) is 0 Å². The highest BCUT2D eigenvalue weighted by atomic mass is 14.7. The Kier molecular flexibility index (Phi) is 3.57. The lowest BCUT2D eigenvalue weighted by molar-refractivity contribution is 1.05. The summed E-state index contributed by atoms with van der Waals surface area (Å²) in [6.45, 7) is 8.31. The smallest absolute Gasteiger partial charge is 0.0741 e. The van der Waals surface area contributed by atoms with E-state index in [1.54, 1.807) is 0 Å². The van der Waals surface area contributed by atoms with E-state index in [9.17, 15) is 0 Å². The highest BCUT2D eigenvalue weighted by Crippen LogP contribution is 2.35. The first-order valence-corrected chi connectivity index (χ1v) is 7.35. The maximum absolute atomic E-state index is 4.90. The zero-order valence-electron chi connectivity index (χ0n) is 12.6. The minimum absolute atomic E-state index is 0.926. The topological polar surface area (TPSA) is 12.9 Å². The number of benzene rings is 2. The van der Waals surface area contributed by atoms with E-state index < -0.39 is 0 Å². The number of fused-ring (bicyclic) bond motifs is 1. The first-order valence-electron chi connectivity index (χ1n) is 7.35. The third-order valence-corrected chi connectivity index (χ3v) is 3.79. The molecule has 3 rings (SSSR count). The van der Waals surface area contributed by atoms with Crippen LogP contribution in [0.25, 0.3) is 27.5 Å². The molecule has 0 aliphatic carbocycles. The third kappa shape index (κ3) is 2.36. The van der Waals surface area contributed by atoms with Gasteiger partial charge in [0.1, 0.15) is 0 Å². The first kappa shape index (κ1) is 13.6. The van der Waals surface area contributed by atoms with Crippen molar-refractivity contribution in [2.45, 2.75) is 20.3 Å². The number of pyridine rings is 1. The summed E-state index contributed by atoms with van der Waals surface area (Å²) in [6.07, 6.45) is 0.926. The number of nitrogens with zero attached hydrogens (tertiary/aromatic N) is 1. The van der Waals surface area contributed by atoms with Gasteiger partial charge in [0, 0.05) is 16.6 Å². The zero-order chi connectivity index (χ0) is 14.8. The van der Waals surface area contributed by atoms with Crippen LogP contribution < -0.4 is 0 Å².